The van der Waals surface area contributed by atoms with Crippen LogP contribution in [0.4, 0.5) is 8.78 Å². The van der Waals surface area contributed by atoms with Crippen LogP contribution < -0.4 is 4.74 Å². The van der Waals surface area contributed by atoms with Crippen LogP contribution in [0.5, 0.6) is 5.88 Å². The summed E-state index contributed by atoms with van der Waals surface area (Å²) >= 11 is 7.60. The van der Waals surface area contributed by atoms with Crippen LogP contribution in [0.3, 0.4) is 0 Å². The number of aromatic nitrogens is 2. The number of alkyl halides is 2. The molecule has 0 radical (unpaired) electrons. The molecule has 0 saturated carbocycles. The quantitative estimate of drug-likeness (QED) is 0.501. The number of benzene rings is 1. The van der Waals surface area contributed by atoms with Gasteiger partial charge in [0.25, 0.3) is 0 Å². The van der Waals surface area contributed by atoms with Gasteiger partial charge in [-0.2, -0.15) is 8.78 Å². The molecule has 2 aromatic heterocycles. The Bertz CT molecular complexity index is 855. The van der Waals surface area contributed by atoms with Gasteiger partial charge in [0.2, 0.25) is 5.88 Å². The Labute approximate surface area is 160 Å². The molecule has 1 aromatic carbocycles. The van der Waals surface area contributed by atoms with E-state index in [1.807, 2.05) is 27.0 Å². The van der Waals surface area contributed by atoms with Crippen LogP contribution in [0.2, 0.25) is 5.02 Å². The Morgan fingerprint density at radius 1 is 1.15 bits per heavy atom. The van der Waals surface area contributed by atoms with Crippen molar-refractivity contribution in [1.82, 2.24) is 9.97 Å². The predicted octanol–water partition coefficient (Wildman–Crippen LogP) is 6.39. The summed E-state index contributed by atoms with van der Waals surface area (Å²) in [4.78, 5) is 9.36. The first-order chi connectivity index (χ1) is 12.5. The third-order valence-corrected chi connectivity index (χ3v) is 4.44. The number of aryl methyl sites for hydroxylation is 1. The number of nitrogens with zero attached hydrogens (tertiary/aromatic N) is 2. The molecule has 0 N–H and O–H groups in total. The minimum atomic E-state index is -2.94. The zero-order valence-electron chi connectivity index (χ0n) is 14.7. The van der Waals surface area contributed by atoms with Gasteiger partial charge in [-0.3, -0.25) is 0 Å². The van der Waals surface area contributed by atoms with Crippen molar-refractivity contribution in [2.45, 2.75) is 33.8 Å². The molecule has 0 bridgehead atoms. The normalized spacial score (nSPS) is 10.4. The summed E-state index contributed by atoms with van der Waals surface area (Å²) in [5.74, 6) is -0.114. The van der Waals surface area contributed by atoms with Crippen LogP contribution in [0.15, 0.2) is 42.7 Å². The highest BCUT2D eigenvalue weighted by molar-refractivity contribution is 7.11. The van der Waals surface area contributed by atoms with Crippen molar-refractivity contribution in [2.24, 2.45) is 0 Å². The first kappa shape index (κ1) is 20.3. The van der Waals surface area contributed by atoms with E-state index < -0.39 is 6.61 Å². The van der Waals surface area contributed by atoms with Gasteiger partial charge in [0, 0.05) is 34.3 Å². The van der Waals surface area contributed by atoms with Crippen molar-refractivity contribution in [3.63, 3.8) is 0 Å². The lowest BCUT2D eigenvalue weighted by molar-refractivity contribution is -0.0524. The van der Waals surface area contributed by atoms with Crippen LogP contribution in [0.1, 0.15) is 29.3 Å². The largest absolute Gasteiger partial charge is 0.416 e. The monoisotopic (exact) mass is 396 g/mol. The van der Waals surface area contributed by atoms with Crippen LogP contribution >= 0.6 is 22.9 Å². The van der Waals surface area contributed by atoms with Crippen molar-refractivity contribution in [2.75, 3.05) is 0 Å². The average Bonchev–Trinajstić information content (AvgIpc) is 3.02. The topological polar surface area (TPSA) is 35.0 Å². The maximum Gasteiger partial charge on any atom is 0.388 e. The molecule has 0 aliphatic heterocycles. The molecule has 3 nitrogen and oxygen atoms in total. The molecular weight excluding hydrogens is 378 g/mol. The maximum absolute atomic E-state index is 12.7. The Morgan fingerprint density at radius 2 is 1.92 bits per heavy atom. The molecule has 138 valence electrons. The SMILES string of the molecule is CC.Cc1ncc(Cc2cnc(OC(F)F)c(-c3cccc(Cl)c3)c2)s1. The number of thiazole rings is 1. The summed E-state index contributed by atoms with van der Waals surface area (Å²) in [5, 5.41) is 1.49. The van der Waals surface area contributed by atoms with Crippen LogP contribution in [0, 0.1) is 6.92 Å². The van der Waals surface area contributed by atoms with Gasteiger partial charge in [-0.15, -0.1) is 11.3 Å². The molecule has 0 spiro atoms. The number of rotatable bonds is 5. The summed E-state index contributed by atoms with van der Waals surface area (Å²) in [5.41, 5.74) is 2.04. The second-order valence-electron chi connectivity index (χ2n) is 5.11. The van der Waals surface area contributed by atoms with E-state index in [1.54, 1.807) is 47.9 Å². The molecule has 0 fully saturated rings. The Kier molecular flexibility index (Phi) is 7.48. The highest BCUT2D eigenvalue weighted by atomic mass is 35.5. The Hall–Kier alpha value is -2.05. The number of pyridine rings is 1. The van der Waals surface area contributed by atoms with Gasteiger partial charge in [0.15, 0.2) is 0 Å². The van der Waals surface area contributed by atoms with Gasteiger partial charge in [-0.25, -0.2) is 9.97 Å². The van der Waals surface area contributed by atoms with E-state index in [2.05, 4.69) is 14.7 Å². The van der Waals surface area contributed by atoms with Gasteiger partial charge in [0.1, 0.15) is 0 Å². The first-order valence-corrected chi connectivity index (χ1v) is 9.31. The van der Waals surface area contributed by atoms with E-state index in [-0.39, 0.29) is 5.88 Å². The number of halogens is 3. The third kappa shape index (κ3) is 5.47. The van der Waals surface area contributed by atoms with Gasteiger partial charge < -0.3 is 4.74 Å². The van der Waals surface area contributed by atoms with E-state index in [0.717, 1.165) is 15.4 Å². The highest BCUT2D eigenvalue weighted by Crippen LogP contribution is 2.32. The maximum atomic E-state index is 12.7. The smallest absolute Gasteiger partial charge is 0.388 e. The first-order valence-electron chi connectivity index (χ1n) is 8.12. The molecular formula is C19H19ClF2N2OS. The molecule has 0 unspecified atom stereocenters. The third-order valence-electron chi connectivity index (χ3n) is 3.29. The minimum absolute atomic E-state index is 0.114. The summed E-state index contributed by atoms with van der Waals surface area (Å²) in [6, 6.07) is 8.74. The summed E-state index contributed by atoms with van der Waals surface area (Å²) < 4.78 is 29.9. The van der Waals surface area contributed by atoms with Crippen molar-refractivity contribution >= 4 is 22.9 Å². The number of hydrogen-bond acceptors (Lipinski definition) is 4. The number of hydrogen-bond donors (Lipinski definition) is 0. The van der Waals surface area contributed by atoms with E-state index in [4.69, 9.17) is 11.6 Å². The minimum Gasteiger partial charge on any atom is -0.416 e. The van der Waals surface area contributed by atoms with Gasteiger partial charge in [-0.1, -0.05) is 37.6 Å². The molecule has 2 heterocycles. The second kappa shape index (κ2) is 9.59. The highest BCUT2D eigenvalue weighted by Gasteiger charge is 2.15. The Balaban J connectivity index is 0.00000117. The van der Waals surface area contributed by atoms with E-state index >= 15 is 0 Å². The lowest BCUT2D eigenvalue weighted by Crippen LogP contribution is -2.05. The van der Waals surface area contributed by atoms with E-state index in [1.165, 1.54) is 0 Å². The standard InChI is InChI=1S/C17H13ClF2N2OS.C2H6/c1-10-21-9-14(24-10)5-11-6-15(12-3-2-4-13(18)7-12)16(22-8-11)23-17(19)20;1-2/h2-4,6-9,17H,5H2,1H3;1-2H3. The molecule has 0 saturated heterocycles. The molecule has 26 heavy (non-hydrogen) atoms. The lowest BCUT2D eigenvalue weighted by atomic mass is 10.0. The molecule has 0 atom stereocenters. The molecule has 3 rings (SSSR count). The molecule has 7 heteroatoms. The molecule has 3 aromatic rings. The van der Waals surface area contributed by atoms with Gasteiger partial charge >= 0.3 is 6.61 Å². The fourth-order valence-corrected chi connectivity index (χ4v) is 3.34. The fraction of sp³-hybridized carbons (Fsp3) is 0.263. The van der Waals surface area contributed by atoms with Gasteiger partial charge in [-0.05, 0) is 36.2 Å². The summed E-state index contributed by atoms with van der Waals surface area (Å²) in [6.45, 7) is 2.99. The zero-order valence-corrected chi connectivity index (χ0v) is 16.2. The van der Waals surface area contributed by atoms with Crippen molar-refractivity contribution in [3.8, 4) is 17.0 Å². The molecule has 0 amide bonds. The number of ether oxygens (including phenoxy) is 1. The van der Waals surface area contributed by atoms with Crippen LogP contribution in [-0.4, -0.2) is 16.6 Å². The van der Waals surface area contributed by atoms with E-state index in [0.29, 0.717) is 22.6 Å². The molecule has 0 aliphatic rings. The fourth-order valence-electron chi connectivity index (χ4n) is 2.32. The summed E-state index contributed by atoms with van der Waals surface area (Å²) in [7, 11) is 0. The predicted molar refractivity (Wildman–Crippen MR) is 102 cm³/mol. The van der Waals surface area contributed by atoms with Crippen LogP contribution in [0.25, 0.3) is 11.1 Å². The summed E-state index contributed by atoms with van der Waals surface area (Å²) in [6.07, 6.45) is 3.98. The Morgan fingerprint density at radius 3 is 2.54 bits per heavy atom. The van der Waals surface area contributed by atoms with Crippen molar-refractivity contribution in [3.05, 3.63) is 63.2 Å². The average molecular weight is 397 g/mol. The second-order valence-corrected chi connectivity index (χ2v) is 6.86. The van der Waals surface area contributed by atoms with Crippen LogP contribution in [-0.2, 0) is 6.42 Å². The van der Waals surface area contributed by atoms with Crippen molar-refractivity contribution < 1.29 is 13.5 Å². The van der Waals surface area contributed by atoms with Crippen molar-refractivity contribution in [1.29, 1.82) is 0 Å². The van der Waals surface area contributed by atoms with Gasteiger partial charge in [0.05, 0.1) is 5.01 Å². The zero-order chi connectivity index (χ0) is 19.1. The lowest BCUT2D eigenvalue weighted by Gasteiger charge is -2.11. The van der Waals surface area contributed by atoms with E-state index in [9.17, 15) is 8.78 Å². The molecule has 0 aliphatic carbocycles.